The molecule has 0 saturated heterocycles. The summed E-state index contributed by atoms with van der Waals surface area (Å²) in [4.78, 5) is 22.1. The Kier molecular flexibility index (Phi) is 6.87. The molecule has 8 nitrogen and oxygen atoms in total. The number of ether oxygens (including phenoxy) is 2. The summed E-state index contributed by atoms with van der Waals surface area (Å²) in [6.45, 7) is -0.768. The van der Waals surface area contributed by atoms with Crippen LogP contribution in [0.2, 0.25) is 0 Å². The van der Waals surface area contributed by atoms with Gasteiger partial charge in [0.25, 0.3) is 0 Å². The van der Waals surface area contributed by atoms with Gasteiger partial charge in [-0.3, -0.25) is 0 Å². The van der Waals surface area contributed by atoms with Gasteiger partial charge in [-0.05, 0) is 6.07 Å². The third kappa shape index (κ3) is 4.76. The number of aliphatic carboxylic acids is 2. The zero-order valence-electron chi connectivity index (χ0n) is 11.6. The molecule has 0 heterocycles. The molecule has 1 aromatic rings. The summed E-state index contributed by atoms with van der Waals surface area (Å²) in [6, 6.07) is 4.31. The van der Waals surface area contributed by atoms with Crippen LogP contribution in [-0.2, 0) is 9.59 Å². The van der Waals surface area contributed by atoms with E-state index in [4.69, 9.17) is 24.8 Å². The average molecular weight is 312 g/mol. The minimum absolute atomic E-state index is 0.00112. The topological polar surface area (TPSA) is 134 Å². The Hall–Kier alpha value is -2.58. The van der Waals surface area contributed by atoms with Gasteiger partial charge >= 0.3 is 11.9 Å². The van der Waals surface area contributed by atoms with Crippen LogP contribution in [-0.4, -0.2) is 58.8 Å². The fourth-order valence-corrected chi connectivity index (χ4v) is 1.67. The molecule has 22 heavy (non-hydrogen) atoms. The molecule has 0 saturated carbocycles. The van der Waals surface area contributed by atoms with E-state index in [1.165, 1.54) is 18.2 Å². The van der Waals surface area contributed by atoms with Crippen LogP contribution >= 0.6 is 0 Å². The van der Waals surface area contributed by atoms with Crippen molar-refractivity contribution in [3.05, 3.63) is 29.8 Å². The Morgan fingerprint density at radius 3 is 2.23 bits per heavy atom. The third-order valence-electron chi connectivity index (χ3n) is 2.45. The van der Waals surface area contributed by atoms with Gasteiger partial charge in [0.1, 0.15) is 13.2 Å². The Bertz CT molecular complexity index is 564. The zero-order chi connectivity index (χ0) is 16.5. The molecule has 0 aliphatic carbocycles. The number of carbonyl (C=O) groups is 2. The lowest BCUT2D eigenvalue weighted by molar-refractivity contribution is -0.133. The van der Waals surface area contributed by atoms with Crippen molar-refractivity contribution in [3.63, 3.8) is 0 Å². The molecule has 0 aliphatic rings. The number of hydrogen-bond acceptors (Lipinski definition) is 6. The largest absolute Gasteiger partial charge is 0.487 e. The van der Waals surface area contributed by atoms with Crippen LogP contribution in [0.4, 0.5) is 0 Å². The number of aliphatic hydroxyl groups is 2. The molecule has 0 atom stereocenters. The average Bonchev–Trinajstić information content (AvgIpc) is 2.48. The van der Waals surface area contributed by atoms with Crippen molar-refractivity contribution in [2.75, 3.05) is 26.4 Å². The van der Waals surface area contributed by atoms with Crippen LogP contribution < -0.4 is 9.47 Å². The van der Waals surface area contributed by atoms with Gasteiger partial charge in [-0.15, -0.1) is 0 Å². The lowest BCUT2D eigenvalue weighted by Gasteiger charge is -2.16. The summed E-state index contributed by atoms with van der Waals surface area (Å²) in [5.74, 6) is -2.75. The smallest absolute Gasteiger partial charge is 0.336 e. The summed E-state index contributed by atoms with van der Waals surface area (Å²) in [7, 11) is 0. The van der Waals surface area contributed by atoms with E-state index in [9.17, 15) is 14.7 Å². The second kappa shape index (κ2) is 8.65. The second-order valence-electron chi connectivity index (χ2n) is 3.98. The Morgan fingerprint density at radius 1 is 1.05 bits per heavy atom. The standard InChI is InChI=1S/C14H16O8/c15-4-6-21-11-3-1-2-9(13(11)22-7-5-16)10(14(19)20)8-12(17)18/h1-3,8,15-16H,4-7H2,(H,17,18)(H,19,20)/b10-8+. The van der Waals surface area contributed by atoms with Crippen molar-refractivity contribution < 1.29 is 39.5 Å². The molecule has 0 spiro atoms. The third-order valence-corrected chi connectivity index (χ3v) is 2.45. The van der Waals surface area contributed by atoms with E-state index in [-0.39, 0.29) is 43.5 Å². The van der Waals surface area contributed by atoms with Crippen LogP contribution in [0, 0.1) is 0 Å². The van der Waals surface area contributed by atoms with E-state index in [1.54, 1.807) is 0 Å². The predicted octanol–water partition coefficient (Wildman–Crippen LogP) is -0.0186. The van der Waals surface area contributed by atoms with E-state index in [1.807, 2.05) is 0 Å². The normalized spacial score (nSPS) is 11.1. The molecular weight excluding hydrogens is 296 g/mol. The Morgan fingerprint density at radius 2 is 1.68 bits per heavy atom. The van der Waals surface area contributed by atoms with E-state index in [0.717, 1.165) is 0 Å². The molecule has 0 unspecified atom stereocenters. The fourth-order valence-electron chi connectivity index (χ4n) is 1.67. The number of rotatable bonds is 9. The first-order valence-corrected chi connectivity index (χ1v) is 6.29. The van der Waals surface area contributed by atoms with Gasteiger partial charge in [0.15, 0.2) is 11.5 Å². The summed E-state index contributed by atoms with van der Waals surface area (Å²) in [5.41, 5.74) is -0.492. The molecule has 0 radical (unpaired) electrons. The minimum atomic E-state index is -1.45. The van der Waals surface area contributed by atoms with Crippen molar-refractivity contribution >= 4 is 17.5 Å². The van der Waals surface area contributed by atoms with Gasteiger partial charge in [-0.25, -0.2) is 9.59 Å². The minimum Gasteiger partial charge on any atom is -0.487 e. The molecule has 1 rings (SSSR count). The monoisotopic (exact) mass is 312 g/mol. The molecule has 0 fully saturated rings. The highest BCUT2D eigenvalue weighted by Gasteiger charge is 2.20. The molecule has 4 N–H and O–H groups in total. The number of hydrogen-bond donors (Lipinski definition) is 4. The molecule has 0 aromatic heterocycles. The summed E-state index contributed by atoms with van der Waals surface area (Å²) >= 11 is 0. The van der Waals surface area contributed by atoms with Gasteiger partial charge < -0.3 is 29.9 Å². The number of carboxylic acid groups (broad SMARTS) is 2. The summed E-state index contributed by atoms with van der Waals surface area (Å²) in [6.07, 6.45) is 0.541. The molecule has 0 bridgehead atoms. The fraction of sp³-hybridized carbons (Fsp3) is 0.286. The highest BCUT2D eigenvalue weighted by atomic mass is 16.5. The molecule has 1 aromatic carbocycles. The van der Waals surface area contributed by atoms with Crippen molar-refractivity contribution in [2.24, 2.45) is 0 Å². The predicted molar refractivity (Wildman–Crippen MR) is 74.9 cm³/mol. The van der Waals surface area contributed by atoms with Crippen molar-refractivity contribution in [2.45, 2.75) is 0 Å². The van der Waals surface area contributed by atoms with Crippen LogP contribution in [0.1, 0.15) is 5.56 Å². The zero-order valence-corrected chi connectivity index (χ0v) is 11.6. The van der Waals surface area contributed by atoms with Gasteiger partial charge in [-0.2, -0.15) is 0 Å². The Labute approximate surface area is 125 Å². The van der Waals surface area contributed by atoms with Gasteiger partial charge in [-0.1, -0.05) is 12.1 Å². The highest BCUT2D eigenvalue weighted by Crippen LogP contribution is 2.35. The Balaban J connectivity index is 3.36. The SMILES string of the molecule is O=C(O)/C=C(/C(=O)O)c1cccc(OCCO)c1OCCO. The lowest BCUT2D eigenvalue weighted by atomic mass is 10.0. The molecule has 0 amide bonds. The van der Waals surface area contributed by atoms with Gasteiger partial charge in [0.05, 0.1) is 18.8 Å². The van der Waals surface area contributed by atoms with E-state index in [0.29, 0.717) is 6.08 Å². The first kappa shape index (κ1) is 17.5. The first-order chi connectivity index (χ1) is 10.5. The van der Waals surface area contributed by atoms with Crippen molar-refractivity contribution in [1.29, 1.82) is 0 Å². The molecule has 0 aliphatic heterocycles. The van der Waals surface area contributed by atoms with E-state index in [2.05, 4.69) is 0 Å². The maximum Gasteiger partial charge on any atom is 0.336 e. The van der Waals surface area contributed by atoms with Crippen LogP contribution in [0.25, 0.3) is 5.57 Å². The van der Waals surface area contributed by atoms with Crippen molar-refractivity contribution in [3.8, 4) is 11.5 Å². The van der Waals surface area contributed by atoms with Crippen LogP contribution in [0.5, 0.6) is 11.5 Å². The van der Waals surface area contributed by atoms with Gasteiger partial charge in [0, 0.05) is 11.6 Å². The second-order valence-corrected chi connectivity index (χ2v) is 3.98. The molecular formula is C14H16O8. The molecule has 8 heteroatoms. The number of para-hydroxylation sites is 1. The van der Waals surface area contributed by atoms with Gasteiger partial charge in [0.2, 0.25) is 0 Å². The summed E-state index contributed by atoms with van der Waals surface area (Å²) in [5, 5.41) is 35.6. The number of carboxylic acids is 2. The highest BCUT2D eigenvalue weighted by molar-refractivity contribution is 6.20. The van der Waals surface area contributed by atoms with E-state index >= 15 is 0 Å². The van der Waals surface area contributed by atoms with Crippen LogP contribution in [0.15, 0.2) is 24.3 Å². The quantitative estimate of drug-likeness (QED) is 0.468. The maximum absolute atomic E-state index is 11.3. The first-order valence-electron chi connectivity index (χ1n) is 6.29. The maximum atomic E-state index is 11.3. The number of benzene rings is 1. The van der Waals surface area contributed by atoms with Crippen molar-refractivity contribution in [1.82, 2.24) is 0 Å². The molecule has 120 valence electrons. The summed E-state index contributed by atoms with van der Waals surface area (Å²) < 4.78 is 10.5. The number of aliphatic hydroxyl groups excluding tert-OH is 2. The lowest BCUT2D eigenvalue weighted by Crippen LogP contribution is -2.10. The van der Waals surface area contributed by atoms with E-state index < -0.39 is 17.5 Å². The van der Waals surface area contributed by atoms with Crippen LogP contribution in [0.3, 0.4) is 0 Å².